The van der Waals surface area contributed by atoms with Gasteiger partial charge in [0.05, 0.1) is 11.4 Å². The van der Waals surface area contributed by atoms with Crippen molar-refractivity contribution in [2.45, 2.75) is 0 Å². The highest BCUT2D eigenvalue weighted by Gasteiger charge is 2.10. The Bertz CT molecular complexity index is 1170. The maximum atomic E-state index is 4.86. The zero-order valence-electron chi connectivity index (χ0n) is 12.1. The molecule has 0 bridgehead atoms. The molecular weight excluding hydrogens is 302 g/mol. The van der Waals surface area contributed by atoms with E-state index in [1.54, 1.807) is 17.5 Å². The molecule has 4 aromatic heterocycles. The molecule has 0 N–H and O–H groups in total. The van der Waals surface area contributed by atoms with Crippen LogP contribution in [0.4, 0.5) is 0 Å². The number of nitrogens with zero attached hydrogens (tertiary/aromatic N) is 3. The third kappa shape index (κ3) is 1.92. The lowest BCUT2D eigenvalue weighted by Gasteiger charge is -2.04. The van der Waals surface area contributed by atoms with E-state index in [1.165, 1.54) is 15.5 Å². The smallest absolute Gasteiger partial charge is 0.125 e. The summed E-state index contributed by atoms with van der Waals surface area (Å²) in [4.78, 5) is 14.7. The van der Waals surface area contributed by atoms with Gasteiger partial charge < -0.3 is 0 Å². The van der Waals surface area contributed by atoms with Gasteiger partial charge in [-0.15, -0.1) is 11.3 Å². The fourth-order valence-electron chi connectivity index (χ4n) is 2.95. The zero-order chi connectivity index (χ0) is 15.2. The lowest BCUT2D eigenvalue weighted by Crippen LogP contribution is -1.89. The van der Waals surface area contributed by atoms with Crippen LogP contribution in [0.25, 0.3) is 42.5 Å². The Labute approximate surface area is 136 Å². The van der Waals surface area contributed by atoms with E-state index in [2.05, 4.69) is 46.4 Å². The summed E-state index contributed by atoms with van der Waals surface area (Å²) in [6, 6.07) is 16.6. The van der Waals surface area contributed by atoms with Gasteiger partial charge in [0.15, 0.2) is 0 Å². The SMILES string of the molecule is c1ccc2c(c1)sc1nc(-c3nccc4ccncc34)ccc12. The molecule has 0 saturated carbocycles. The van der Waals surface area contributed by atoms with Gasteiger partial charge in [-0.3, -0.25) is 9.97 Å². The van der Waals surface area contributed by atoms with Crippen molar-refractivity contribution < 1.29 is 0 Å². The minimum atomic E-state index is 0.884. The van der Waals surface area contributed by atoms with Crippen LogP contribution in [0.15, 0.2) is 67.1 Å². The number of fused-ring (bicyclic) bond motifs is 4. The maximum Gasteiger partial charge on any atom is 0.125 e. The first-order chi connectivity index (χ1) is 11.4. The molecule has 0 spiro atoms. The van der Waals surface area contributed by atoms with Crippen LogP contribution in [0, 0.1) is 0 Å². The van der Waals surface area contributed by atoms with Crippen molar-refractivity contribution in [1.29, 1.82) is 0 Å². The minimum Gasteiger partial charge on any atom is -0.264 e. The average Bonchev–Trinajstić information content (AvgIpc) is 2.99. The third-order valence-corrected chi connectivity index (χ3v) is 5.13. The van der Waals surface area contributed by atoms with E-state index < -0.39 is 0 Å². The van der Waals surface area contributed by atoms with Crippen LogP contribution in [-0.4, -0.2) is 15.0 Å². The first-order valence-electron chi connectivity index (χ1n) is 7.37. The third-order valence-electron chi connectivity index (χ3n) is 4.05. The van der Waals surface area contributed by atoms with Crippen molar-refractivity contribution in [3.8, 4) is 11.4 Å². The summed E-state index contributed by atoms with van der Waals surface area (Å²) in [7, 11) is 0. The molecular formula is C19H11N3S. The summed E-state index contributed by atoms with van der Waals surface area (Å²) in [6.07, 6.45) is 5.48. The first kappa shape index (κ1) is 12.7. The predicted octanol–water partition coefficient (Wildman–Crippen LogP) is 5.06. The molecule has 0 saturated heterocycles. The van der Waals surface area contributed by atoms with Crippen molar-refractivity contribution in [3.05, 3.63) is 67.1 Å². The molecule has 5 rings (SSSR count). The van der Waals surface area contributed by atoms with Crippen molar-refractivity contribution in [1.82, 2.24) is 15.0 Å². The Balaban J connectivity index is 1.81. The molecule has 0 fully saturated rings. The van der Waals surface area contributed by atoms with Crippen LogP contribution >= 0.6 is 11.3 Å². The summed E-state index contributed by atoms with van der Waals surface area (Å²) in [5, 5.41) is 4.62. The molecule has 1 aromatic carbocycles. The summed E-state index contributed by atoms with van der Waals surface area (Å²) in [5.41, 5.74) is 1.78. The van der Waals surface area contributed by atoms with E-state index in [1.807, 2.05) is 24.5 Å². The quantitative estimate of drug-likeness (QED) is 0.434. The number of pyridine rings is 3. The van der Waals surface area contributed by atoms with Gasteiger partial charge in [0.25, 0.3) is 0 Å². The summed E-state index contributed by atoms with van der Waals surface area (Å²) >= 11 is 1.72. The van der Waals surface area contributed by atoms with Gasteiger partial charge in [-0.05, 0) is 35.7 Å². The highest BCUT2D eigenvalue weighted by Crippen LogP contribution is 2.34. The molecule has 0 unspecified atom stereocenters. The van der Waals surface area contributed by atoms with E-state index >= 15 is 0 Å². The van der Waals surface area contributed by atoms with E-state index in [4.69, 9.17) is 4.98 Å². The number of hydrogen-bond acceptors (Lipinski definition) is 4. The lowest BCUT2D eigenvalue weighted by atomic mass is 10.1. The number of thiophene rings is 1. The van der Waals surface area contributed by atoms with Crippen molar-refractivity contribution in [2.24, 2.45) is 0 Å². The number of benzene rings is 1. The van der Waals surface area contributed by atoms with Crippen LogP contribution in [0.5, 0.6) is 0 Å². The lowest BCUT2D eigenvalue weighted by molar-refractivity contribution is 1.29. The molecule has 0 aliphatic heterocycles. The van der Waals surface area contributed by atoms with Crippen LogP contribution < -0.4 is 0 Å². The molecule has 0 radical (unpaired) electrons. The Morgan fingerprint density at radius 2 is 1.70 bits per heavy atom. The van der Waals surface area contributed by atoms with Gasteiger partial charge in [0.2, 0.25) is 0 Å². The van der Waals surface area contributed by atoms with Gasteiger partial charge in [-0.2, -0.15) is 0 Å². The second-order valence-electron chi connectivity index (χ2n) is 5.40. The van der Waals surface area contributed by atoms with Gasteiger partial charge in [-0.25, -0.2) is 4.98 Å². The van der Waals surface area contributed by atoms with Gasteiger partial charge in [-0.1, -0.05) is 18.2 Å². The first-order valence-corrected chi connectivity index (χ1v) is 8.19. The van der Waals surface area contributed by atoms with Crippen LogP contribution in [0.1, 0.15) is 0 Å². The zero-order valence-corrected chi connectivity index (χ0v) is 12.9. The molecule has 0 aliphatic carbocycles. The summed E-state index contributed by atoms with van der Waals surface area (Å²) in [5.74, 6) is 0. The number of aromatic nitrogens is 3. The Morgan fingerprint density at radius 1 is 0.783 bits per heavy atom. The van der Waals surface area contributed by atoms with Crippen LogP contribution in [0.3, 0.4) is 0 Å². The average molecular weight is 313 g/mol. The Morgan fingerprint density at radius 3 is 2.70 bits per heavy atom. The molecule has 3 nitrogen and oxygen atoms in total. The predicted molar refractivity (Wildman–Crippen MR) is 95.7 cm³/mol. The van der Waals surface area contributed by atoms with Gasteiger partial charge in [0, 0.05) is 39.4 Å². The van der Waals surface area contributed by atoms with E-state index in [0.717, 1.165) is 27.0 Å². The summed E-state index contributed by atoms with van der Waals surface area (Å²) in [6.45, 7) is 0. The maximum absolute atomic E-state index is 4.86. The molecule has 0 aliphatic rings. The van der Waals surface area contributed by atoms with Crippen molar-refractivity contribution in [2.75, 3.05) is 0 Å². The summed E-state index contributed by atoms with van der Waals surface area (Å²) < 4.78 is 1.26. The minimum absolute atomic E-state index is 0.884. The molecule has 0 amide bonds. The Hall–Kier alpha value is -2.85. The number of hydrogen-bond donors (Lipinski definition) is 0. The number of rotatable bonds is 1. The van der Waals surface area contributed by atoms with E-state index in [-0.39, 0.29) is 0 Å². The molecule has 4 heterocycles. The van der Waals surface area contributed by atoms with Gasteiger partial charge in [0.1, 0.15) is 4.83 Å². The second kappa shape index (κ2) is 4.83. The highest BCUT2D eigenvalue weighted by molar-refractivity contribution is 7.25. The van der Waals surface area contributed by atoms with Crippen molar-refractivity contribution in [3.63, 3.8) is 0 Å². The molecule has 4 heteroatoms. The molecule has 108 valence electrons. The van der Waals surface area contributed by atoms with Gasteiger partial charge >= 0.3 is 0 Å². The monoisotopic (exact) mass is 313 g/mol. The molecule has 23 heavy (non-hydrogen) atoms. The van der Waals surface area contributed by atoms with E-state index in [9.17, 15) is 0 Å². The fraction of sp³-hybridized carbons (Fsp3) is 0. The molecule has 0 atom stereocenters. The van der Waals surface area contributed by atoms with Crippen molar-refractivity contribution >= 4 is 42.4 Å². The second-order valence-corrected chi connectivity index (χ2v) is 6.43. The van der Waals surface area contributed by atoms with E-state index in [0.29, 0.717) is 0 Å². The van der Waals surface area contributed by atoms with Crippen LogP contribution in [-0.2, 0) is 0 Å². The fourth-order valence-corrected chi connectivity index (χ4v) is 4.03. The Kier molecular flexibility index (Phi) is 2.66. The normalized spacial score (nSPS) is 11.5. The standard InChI is InChI=1S/C19H11N3S/c1-2-4-17-13(3-1)14-5-6-16(22-19(14)23-17)18-15-11-20-9-7-12(15)8-10-21-18/h1-11H. The highest BCUT2D eigenvalue weighted by atomic mass is 32.1. The topological polar surface area (TPSA) is 38.7 Å². The van der Waals surface area contributed by atoms with Crippen LogP contribution in [0.2, 0.25) is 0 Å². The molecule has 5 aromatic rings. The largest absolute Gasteiger partial charge is 0.264 e.